The minimum absolute atomic E-state index is 0.0144. The second kappa shape index (κ2) is 6.09. The summed E-state index contributed by atoms with van der Waals surface area (Å²) in [5.41, 5.74) is 0.244. The van der Waals surface area contributed by atoms with E-state index in [0.29, 0.717) is 9.04 Å². The van der Waals surface area contributed by atoms with Gasteiger partial charge in [0, 0.05) is 0 Å². The van der Waals surface area contributed by atoms with Gasteiger partial charge in [0.25, 0.3) is 10.0 Å². The van der Waals surface area contributed by atoms with Crippen molar-refractivity contribution in [2.75, 3.05) is 0 Å². The number of hydrogen-bond donors (Lipinski definition) is 0. The highest BCUT2D eigenvalue weighted by molar-refractivity contribution is 7.92. The first kappa shape index (κ1) is 16.2. The van der Waals surface area contributed by atoms with Crippen LogP contribution in [0.3, 0.4) is 0 Å². The number of rotatable bonds is 3. The normalized spacial score (nSPS) is 12.7. The fourth-order valence-electron chi connectivity index (χ4n) is 1.98. The van der Waals surface area contributed by atoms with Gasteiger partial charge in [-0.3, -0.25) is 0 Å². The van der Waals surface area contributed by atoms with E-state index in [1.54, 1.807) is 12.1 Å². The summed E-state index contributed by atoms with van der Waals surface area (Å²) in [5, 5.41) is 0. The number of halogens is 2. The highest BCUT2D eigenvalue weighted by Crippen LogP contribution is 2.27. The number of fused-ring (bicyclic) bond motifs is 1. The molecule has 0 spiro atoms. The van der Waals surface area contributed by atoms with Gasteiger partial charge in [-0.05, 0) is 24.3 Å². The van der Waals surface area contributed by atoms with Crippen molar-refractivity contribution in [2.24, 2.45) is 4.40 Å². The first-order valence-corrected chi connectivity index (χ1v) is 9.65. The Kier molecular flexibility index (Phi) is 4.29. The van der Waals surface area contributed by atoms with E-state index in [9.17, 15) is 12.8 Å². The Morgan fingerprint density at radius 1 is 1.30 bits per heavy atom. The second-order valence-corrected chi connectivity index (χ2v) is 8.94. The molecule has 0 atom stereocenters. The van der Waals surface area contributed by atoms with Crippen LogP contribution < -0.4 is 4.80 Å². The Bertz CT molecular complexity index is 1100. The van der Waals surface area contributed by atoms with Crippen molar-refractivity contribution in [1.82, 2.24) is 4.57 Å². The van der Waals surface area contributed by atoms with Crippen molar-refractivity contribution in [3.8, 4) is 12.3 Å². The van der Waals surface area contributed by atoms with E-state index in [1.807, 2.05) is 0 Å². The number of nitrogens with zero attached hydrogens (tertiary/aromatic N) is 2. The maximum atomic E-state index is 14.1. The summed E-state index contributed by atoms with van der Waals surface area (Å²) in [6, 6.07) is 7.38. The molecule has 2 heterocycles. The van der Waals surface area contributed by atoms with Gasteiger partial charge in [-0.2, -0.15) is 8.42 Å². The van der Waals surface area contributed by atoms with Gasteiger partial charge in [0.1, 0.15) is 10.0 Å². The molecule has 0 saturated heterocycles. The Balaban J connectivity index is 2.29. The predicted octanol–water partition coefficient (Wildman–Crippen LogP) is 3.48. The number of thiophene rings is 1. The zero-order valence-electron chi connectivity index (χ0n) is 11.4. The van der Waals surface area contributed by atoms with Gasteiger partial charge >= 0.3 is 0 Å². The molecule has 1 aromatic carbocycles. The molecule has 118 valence electrons. The smallest absolute Gasteiger partial charge is 0.294 e. The zero-order chi connectivity index (χ0) is 16.6. The molecule has 9 heteroatoms. The average Bonchev–Trinajstić information content (AvgIpc) is 3.05. The van der Waals surface area contributed by atoms with Gasteiger partial charge in [0.05, 0.1) is 21.1 Å². The zero-order valence-corrected chi connectivity index (χ0v) is 14.6. The van der Waals surface area contributed by atoms with Crippen molar-refractivity contribution in [3.63, 3.8) is 0 Å². The van der Waals surface area contributed by atoms with Gasteiger partial charge in [-0.1, -0.05) is 34.9 Å². The Labute approximate surface area is 144 Å². The summed E-state index contributed by atoms with van der Waals surface area (Å²) in [7, 11) is -3.94. The topological polar surface area (TPSA) is 51.4 Å². The van der Waals surface area contributed by atoms with Crippen LogP contribution in [-0.2, 0) is 16.6 Å². The van der Waals surface area contributed by atoms with E-state index in [-0.39, 0.29) is 21.1 Å². The molecule has 0 radical (unpaired) electrons. The van der Waals surface area contributed by atoms with Crippen molar-refractivity contribution >= 4 is 54.5 Å². The largest absolute Gasteiger partial charge is 0.302 e. The molecular formula is C14H8ClFN2O2S3. The van der Waals surface area contributed by atoms with Crippen LogP contribution in [0.5, 0.6) is 0 Å². The number of sulfonamides is 1. The predicted molar refractivity (Wildman–Crippen MR) is 90.7 cm³/mol. The van der Waals surface area contributed by atoms with E-state index in [0.717, 1.165) is 22.7 Å². The van der Waals surface area contributed by atoms with E-state index >= 15 is 0 Å². The third-order valence-electron chi connectivity index (χ3n) is 2.90. The molecule has 0 saturated carbocycles. The Hall–Kier alpha value is -1.66. The second-order valence-electron chi connectivity index (χ2n) is 4.39. The number of hydrogen-bond acceptors (Lipinski definition) is 4. The van der Waals surface area contributed by atoms with E-state index in [1.165, 1.54) is 22.8 Å². The Morgan fingerprint density at radius 3 is 2.74 bits per heavy atom. The quantitative estimate of drug-likeness (QED) is 0.647. The minimum Gasteiger partial charge on any atom is -0.302 e. The average molecular weight is 387 g/mol. The third kappa shape index (κ3) is 3.05. The van der Waals surface area contributed by atoms with Crippen LogP contribution in [0.25, 0.3) is 10.2 Å². The fraction of sp³-hybridized carbons (Fsp3) is 0.0714. The van der Waals surface area contributed by atoms with Crippen LogP contribution in [0.15, 0.2) is 38.9 Å². The van der Waals surface area contributed by atoms with Crippen LogP contribution in [0, 0.1) is 18.2 Å². The lowest BCUT2D eigenvalue weighted by atomic mass is 10.3. The first-order chi connectivity index (χ1) is 10.9. The van der Waals surface area contributed by atoms with Crippen molar-refractivity contribution in [3.05, 3.63) is 45.3 Å². The van der Waals surface area contributed by atoms with Crippen LogP contribution >= 0.6 is 34.3 Å². The number of thiazole rings is 1. The molecule has 4 nitrogen and oxygen atoms in total. The van der Waals surface area contributed by atoms with E-state index in [4.69, 9.17) is 18.0 Å². The van der Waals surface area contributed by atoms with Gasteiger partial charge in [-0.15, -0.1) is 22.2 Å². The van der Waals surface area contributed by atoms with Crippen molar-refractivity contribution in [1.29, 1.82) is 0 Å². The molecule has 2 aromatic heterocycles. The monoisotopic (exact) mass is 386 g/mol. The van der Waals surface area contributed by atoms with Crippen molar-refractivity contribution in [2.45, 2.75) is 10.8 Å². The SMILES string of the molecule is C#CCn1/c(=N/S(=O)(=O)c2ccc(Cl)s2)sc2cccc(F)c21. The molecule has 0 aliphatic heterocycles. The van der Waals surface area contributed by atoms with Gasteiger partial charge < -0.3 is 4.57 Å². The molecule has 0 aliphatic rings. The summed E-state index contributed by atoms with van der Waals surface area (Å²) >= 11 is 7.74. The van der Waals surface area contributed by atoms with Gasteiger partial charge in [0.2, 0.25) is 4.80 Å². The lowest BCUT2D eigenvalue weighted by molar-refractivity contribution is 0.597. The van der Waals surface area contributed by atoms with Crippen LogP contribution in [-0.4, -0.2) is 13.0 Å². The van der Waals surface area contributed by atoms with Gasteiger partial charge in [0.15, 0.2) is 0 Å². The summed E-state index contributed by atoms with van der Waals surface area (Å²) in [4.78, 5) is 0.118. The highest BCUT2D eigenvalue weighted by atomic mass is 35.5. The molecule has 0 fully saturated rings. The lowest BCUT2D eigenvalue weighted by Crippen LogP contribution is -2.17. The first-order valence-electron chi connectivity index (χ1n) is 6.20. The molecule has 3 rings (SSSR count). The number of aromatic nitrogens is 1. The molecule has 23 heavy (non-hydrogen) atoms. The summed E-state index contributed by atoms with van der Waals surface area (Å²) in [5.74, 6) is 1.91. The number of benzene rings is 1. The maximum Gasteiger partial charge on any atom is 0.294 e. The Morgan fingerprint density at radius 2 is 2.09 bits per heavy atom. The summed E-state index contributed by atoms with van der Waals surface area (Å²) in [6.45, 7) is 0.0144. The maximum absolute atomic E-state index is 14.1. The van der Waals surface area contributed by atoms with Gasteiger partial charge in [-0.25, -0.2) is 4.39 Å². The number of para-hydroxylation sites is 1. The minimum atomic E-state index is -3.94. The molecule has 3 aromatic rings. The third-order valence-corrected chi connectivity index (χ3v) is 7.03. The lowest BCUT2D eigenvalue weighted by Gasteiger charge is -2.00. The molecule has 0 aliphatic carbocycles. The molecule has 0 unspecified atom stereocenters. The van der Waals surface area contributed by atoms with E-state index in [2.05, 4.69) is 10.3 Å². The molecule has 0 N–H and O–H groups in total. The summed E-state index contributed by atoms with van der Waals surface area (Å²) in [6.07, 6.45) is 5.31. The van der Waals surface area contributed by atoms with Crippen molar-refractivity contribution < 1.29 is 12.8 Å². The standard InChI is InChI=1S/C14H8ClFN2O2S3/c1-2-8-18-13-9(16)4-3-5-10(13)21-14(18)17-23(19,20)12-7-6-11(15)22-12/h1,3-7H,8H2/b17-14-. The molecular weight excluding hydrogens is 379 g/mol. The van der Waals surface area contributed by atoms with E-state index < -0.39 is 15.8 Å². The fourth-order valence-corrected chi connectivity index (χ4v) is 5.69. The highest BCUT2D eigenvalue weighted by Gasteiger charge is 2.17. The van der Waals surface area contributed by atoms with Crippen LogP contribution in [0.2, 0.25) is 4.34 Å². The number of terminal acetylenes is 1. The van der Waals surface area contributed by atoms with Crippen LogP contribution in [0.4, 0.5) is 4.39 Å². The summed E-state index contributed by atoms with van der Waals surface area (Å²) < 4.78 is 44.9. The molecule has 0 bridgehead atoms. The van der Waals surface area contributed by atoms with Crippen LogP contribution in [0.1, 0.15) is 0 Å². The molecule has 0 amide bonds.